The predicted octanol–water partition coefficient (Wildman–Crippen LogP) is 1.71. The molecule has 8 nitrogen and oxygen atoms in total. The Bertz CT molecular complexity index is 640. The summed E-state index contributed by atoms with van der Waals surface area (Å²) < 4.78 is 9.45. The molecule has 0 saturated carbocycles. The molecule has 2 aromatic heterocycles. The van der Waals surface area contributed by atoms with Crippen LogP contribution in [0.2, 0.25) is 0 Å². The SMILES string of the molecule is CCOCCCNC(=NCc1nnc(C)n1C)NCCn1cccc1.I. The number of halogens is 1. The van der Waals surface area contributed by atoms with Crippen LogP contribution in [0.4, 0.5) is 0 Å². The van der Waals surface area contributed by atoms with Crippen molar-refractivity contribution in [1.82, 2.24) is 30.0 Å². The van der Waals surface area contributed by atoms with Gasteiger partial charge in [0.2, 0.25) is 0 Å². The molecule has 0 aliphatic carbocycles. The first-order valence-corrected chi connectivity index (χ1v) is 8.76. The van der Waals surface area contributed by atoms with E-state index >= 15 is 0 Å². The van der Waals surface area contributed by atoms with Crippen LogP contribution in [-0.2, 0) is 24.9 Å². The van der Waals surface area contributed by atoms with Crippen LogP contribution in [0.25, 0.3) is 0 Å². The first-order chi connectivity index (χ1) is 12.2. The van der Waals surface area contributed by atoms with Gasteiger partial charge in [-0.05, 0) is 32.4 Å². The van der Waals surface area contributed by atoms with Gasteiger partial charge in [-0.3, -0.25) is 0 Å². The molecule has 0 unspecified atom stereocenters. The second-order valence-corrected chi connectivity index (χ2v) is 5.71. The highest BCUT2D eigenvalue weighted by molar-refractivity contribution is 14.0. The summed E-state index contributed by atoms with van der Waals surface area (Å²) in [6, 6.07) is 4.05. The highest BCUT2D eigenvalue weighted by Crippen LogP contribution is 1.99. The molecule has 0 bridgehead atoms. The van der Waals surface area contributed by atoms with Gasteiger partial charge in [-0.1, -0.05) is 0 Å². The fourth-order valence-corrected chi connectivity index (χ4v) is 2.26. The molecule has 0 fully saturated rings. The molecule has 146 valence electrons. The van der Waals surface area contributed by atoms with Crippen LogP contribution in [-0.4, -0.2) is 51.6 Å². The van der Waals surface area contributed by atoms with Crippen molar-refractivity contribution >= 4 is 29.9 Å². The largest absolute Gasteiger partial charge is 0.382 e. The number of hydrogen-bond donors (Lipinski definition) is 2. The Morgan fingerprint density at radius 1 is 1.19 bits per heavy atom. The first-order valence-electron chi connectivity index (χ1n) is 8.76. The van der Waals surface area contributed by atoms with Crippen molar-refractivity contribution < 1.29 is 4.74 Å². The molecule has 0 spiro atoms. The lowest BCUT2D eigenvalue weighted by Crippen LogP contribution is -2.39. The molecule has 0 aromatic carbocycles. The summed E-state index contributed by atoms with van der Waals surface area (Å²) in [5, 5.41) is 14.9. The maximum absolute atomic E-state index is 5.37. The predicted molar refractivity (Wildman–Crippen MR) is 114 cm³/mol. The van der Waals surface area contributed by atoms with Crippen LogP contribution in [0.5, 0.6) is 0 Å². The highest BCUT2D eigenvalue weighted by atomic mass is 127. The zero-order valence-corrected chi connectivity index (χ0v) is 18.1. The fourth-order valence-electron chi connectivity index (χ4n) is 2.26. The van der Waals surface area contributed by atoms with E-state index in [1.165, 1.54) is 0 Å². The van der Waals surface area contributed by atoms with Crippen LogP contribution in [0, 0.1) is 6.92 Å². The van der Waals surface area contributed by atoms with E-state index in [9.17, 15) is 0 Å². The van der Waals surface area contributed by atoms with Crippen molar-refractivity contribution in [2.24, 2.45) is 12.0 Å². The van der Waals surface area contributed by atoms with Gasteiger partial charge in [-0.25, -0.2) is 4.99 Å². The topological polar surface area (TPSA) is 81.3 Å². The average molecular weight is 475 g/mol. The Hall–Kier alpha value is -1.62. The second kappa shape index (κ2) is 12.7. The van der Waals surface area contributed by atoms with Crippen LogP contribution < -0.4 is 10.6 Å². The van der Waals surface area contributed by atoms with Crippen molar-refractivity contribution in [2.75, 3.05) is 26.3 Å². The molecular weight excluding hydrogens is 445 g/mol. The lowest BCUT2D eigenvalue weighted by Gasteiger charge is -2.13. The van der Waals surface area contributed by atoms with Crippen molar-refractivity contribution in [1.29, 1.82) is 0 Å². The number of rotatable bonds is 10. The van der Waals surface area contributed by atoms with Gasteiger partial charge in [-0.15, -0.1) is 34.2 Å². The molecule has 2 rings (SSSR count). The molecule has 0 radical (unpaired) electrons. The van der Waals surface area contributed by atoms with Crippen LogP contribution in [0.3, 0.4) is 0 Å². The molecule has 0 aliphatic rings. The number of aromatic nitrogens is 4. The number of ether oxygens (including phenoxy) is 1. The molecule has 0 saturated heterocycles. The number of nitrogens with zero attached hydrogens (tertiary/aromatic N) is 5. The van der Waals surface area contributed by atoms with Gasteiger partial charge in [0.15, 0.2) is 11.8 Å². The van der Waals surface area contributed by atoms with E-state index in [4.69, 9.17) is 4.74 Å². The van der Waals surface area contributed by atoms with Crippen LogP contribution in [0.1, 0.15) is 25.0 Å². The number of guanidine groups is 1. The summed E-state index contributed by atoms with van der Waals surface area (Å²) in [5.41, 5.74) is 0. The van der Waals surface area contributed by atoms with Gasteiger partial charge in [-0.2, -0.15) is 0 Å². The Morgan fingerprint density at radius 2 is 1.92 bits per heavy atom. The highest BCUT2D eigenvalue weighted by Gasteiger charge is 2.05. The molecule has 0 aliphatic heterocycles. The Labute approximate surface area is 172 Å². The van der Waals surface area contributed by atoms with Crippen molar-refractivity contribution in [2.45, 2.75) is 33.4 Å². The third kappa shape index (κ3) is 7.73. The average Bonchev–Trinajstić information content (AvgIpc) is 3.23. The molecule has 9 heteroatoms. The van der Waals surface area contributed by atoms with Gasteiger partial charge < -0.3 is 24.5 Å². The minimum Gasteiger partial charge on any atom is -0.382 e. The van der Waals surface area contributed by atoms with Crippen LogP contribution >= 0.6 is 24.0 Å². The summed E-state index contributed by atoms with van der Waals surface area (Å²) in [6.45, 7) is 8.42. The number of nitrogens with one attached hydrogen (secondary N) is 2. The maximum Gasteiger partial charge on any atom is 0.191 e. The molecule has 0 atom stereocenters. The Morgan fingerprint density at radius 3 is 2.58 bits per heavy atom. The summed E-state index contributed by atoms with van der Waals surface area (Å²) in [4.78, 5) is 4.63. The molecular formula is C17H30IN7O. The zero-order chi connectivity index (χ0) is 17.9. The van der Waals surface area contributed by atoms with E-state index in [1.807, 2.05) is 37.6 Å². The maximum atomic E-state index is 5.37. The number of hydrogen-bond acceptors (Lipinski definition) is 4. The molecule has 2 heterocycles. The van der Waals surface area contributed by atoms with Crippen molar-refractivity contribution in [3.8, 4) is 0 Å². The first kappa shape index (κ1) is 22.4. The molecule has 0 amide bonds. The molecule has 2 N–H and O–H groups in total. The summed E-state index contributed by atoms with van der Waals surface area (Å²) in [7, 11) is 1.95. The van der Waals surface area contributed by atoms with Gasteiger partial charge in [0, 0.05) is 52.3 Å². The van der Waals surface area contributed by atoms with Crippen molar-refractivity contribution in [3.05, 3.63) is 36.2 Å². The third-order valence-electron chi connectivity index (χ3n) is 3.85. The van der Waals surface area contributed by atoms with E-state index in [-0.39, 0.29) is 24.0 Å². The van der Waals surface area contributed by atoms with Crippen molar-refractivity contribution in [3.63, 3.8) is 0 Å². The van der Waals surface area contributed by atoms with Crippen LogP contribution in [0.15, 0.2) is 29.5 Å². The summed E-state index contributed by atoms with van der Waals surface area (Å²) in [6.07, 6.45) is 5.04. The summed E-state index contributed by atoms with van der Waals surface area (Å²) >= 11 is 0. The minimum absolute atomic E-state index is 0. The molecule has 26 heavy (non-hydrogen) atoms. The van der Waals surface area contributed by atoms with E-state index in [0.29, 0.717) is 6.54 Å². The van der Waals surface area contributed by atoms with Gasteiger partial charge in [0.05, 0.1) is 0 Å². The quantitative estimate of drug-likeness (QED) is 0.237. The number of aliphatic imine (C=N–C) groups is 1. The van der Waals surface area contributed by atoms with Gasteiger partial charge in [0.1, 0.15) is 12.4 Å². The smallest absolute Gasteiger partial charge is 0.191 e. The monoisotopic (exact) mass is 475 g/mol. The van der Waals surface area contributed by atoms with E-state index in [0.717, 1.165) is 56.9 Å². The summed E-state index contributed by atoms with van der Waals surface area (Å²) in [5.74, 6) is 2.51. The lowest BCUT2D eigenvalue weighted by atomic mass is 10.4. The minimum atomic E-state index is 0. The molecule has 2 aromatic rings. The van der Waals surface area contributed by atoms with Gasteiger partial charge in [0.25, 0.3) is 0 Å². The van der Waals surface area contributed by atoms with E-state index in [1.54, 1.807) is 0 Å². The fraction of sp³-hybridized carbons (Fsp3) is 0.588. The lowest BCUT2D eigenvalue weighted by molar-refractivity contribution is 0.145. The number of aryl methyl sites for hydroxylation is 1. The third-order valence-corrected chi connectivity index (χ3v) is 3.85. The standard InChI is InChI=1S/C17H29N7O.HI/c1-4-25-13-7-8-18-17(19-9-12-24-10-5-6-11-24)20-14-16-22-21-15(2)23(16)3;/h5-6,10-11H,4,7-9,12-14H2,1-3H3,(H2,18,19,20);1H. The van der Waals surface area contributed by atoms with Gasteiger partial charge >= 0.3 is 0 Å². The zero-order valence-electron chi connectivity index (χ0n) is 15.8. The Balaban J connectivity index is 0.00000338. The van der Waals surface area contributed by atoms with E-state index in [2.05, 4.69) is 42.8 Å². The van der Waals surface area contributed by atoms with E-state index < -0.39 is 0 Å². The second-order valence-electron chi connectivity index (χ2n) is 5.71. The Kier molecular flexibility index (Phi) is 10.9. The normalized spacial score (nSPS) is 11.3.